The summed E-state index contributed by atoms with van der Waals surface area (Å²) in [6.07, 6.45) is -0.0866. The summed E-state index contributed by atoms with van der Waals surface area (Å²) in [5.41, 5.74) is 0. The van der Waals surface area contributed by atoms with E-state index in [1.807, 2.05) is 37.4 Å². The molecule has 2 atom stereocenters. The van der Waals surface area contributed by atoms with Crippen molar-refractivity contribution in [1.29, 1.82) is 0 Å². The molecule has 2 unspecified atom stereocenters. The first-order valence-corrected chi connectivity index (χ1v) is 8.18. The van der Waals surface area contributed by atoms with Crippen LogP contribution in [0.1, 0.15) is 10.9 Å². The highest BCUT2D eigenvalue weighted by molar-refractivity contribution is 9.10. The normalized spacial score (nSPS) is 18.9. The van der Waals surface area contributed by atoms with Gasteiger partial charge in [-0.3, -0.25) is 0 Å². The Bertz CT molecular complexity index is 599. The number of hydrogen-bond donors (Lipinski definition) is 1. The topological polar surface area (TPSA) is 30.5 Å². The molecule has 0 spiro atoms. The molecule has 1 aliphatic heterocycles. The quantitative estimate of drug-likeness (QED) is 0.870. The maximum absolute atomic E-state index is 6.12. The second-order valence-electron chi connectivity index (χ2n) is 4.45. The van der Waals surface area contributed by atoms with Crippen LogP contribution in [0.3, 0.4) is 0 Å². The van der Waals surface area contributed by atoms with Crippen molar-refractivity contribution in [1.82, 2.24) is 5.32 Å². The third kappa shape index (κ3) is 2.68. The van der Waals surface area contributed by atoms with Crippen LogP contribution >= 0.6 is 38.9 Å². The number of hydrogen-bond acceptors (Lipinski definition) is 4. The Hall–Kier alpha value is -0.750. The van der Waals surface area contributed by atoms with Gasteiger partial charge >= 0.3 is 0 Å². The fraction of sp³-hybridized carbons (Fsp3) is 0.286. The second-order valence-corrected chi connectivity index (χ2v) is 6.99. The first kappa shape index (κ1) is 14.2. The number of thiophene rings is 1. The van der Waals surface area contributed by atoms with Crippen LogP contribution < -0.4 is 14.8 Å². The predicted octanol–water partition coefficient (Wildman–Crippen LogP) is 4.26. The van der Waals surface area contributed by atoms with E-state index in [0.717, 1.165) is 25.2 Å². The molecule has 0 amide bonds. The van der Waals surface area contributed by atoms with Crippen molar-refractivity contribution in [3.8, 4) is 11.5 Å². The molecule has 0 bridgehead atoms. The number of likely N-dealkylation sites (N-methyl/N-ethyl adjacent to an activating group) is 1. The van der Waals surface area contributed by atoms with E-state index in [9.17, 15) is 0 Å². The smallest absolute Gasteiger partial charge is 0.161 e. The summed E-state index contributed by atoms with van der Waals surface area (Å²) in [4.78, 5) is 1.12. The Kier molecular flexibility index (Phi) is 4.21. The summed E-state index contributed by atoms with van der Waals surface area (Å²) in [7, 11) is 1.91. The van der Waals surface area contributed by atoms with Crippen molar-refractivity contribution < 1.29 is 9.47 Å². The zero-order valence-corrected chi connectivity index (χ0v) is 13.9. The van der Waals surface area contributed by atoms with Gasteiger partial charge in [-0.15, -0.1) is 11.3 Å². The summed E-state index contributed by atoms with van der Waals surface area (Å²) in [5, 5.41) is 3.29. The molecule has 1 aromatic heterocycles. The maximum Gasteiger partial charge on any atom is 0.161 e. The van der Waals surface area contributed by atoms with Gasteiger partial charge in [-0.25, -0.2) is 0 Å². The number of ether oxygens (including phenoxy) is 2. The molecule has 0 aliphatic carbocycles. The van der Waals surface area contributed by atoms with Crippen LogP contribution in [0.4, 0.5) is 0 Å². The highest BCUT2D eigenvalue weighted by Crippen LogP contribution is 2.39. The Morgan fingerprint density at radius 1 is 1.40 bits per heavy atom. The zero-order chi connectivity index (χ0) is 14.1. The SMILES string of the molecule is CNC(c1cc(Br)c(Cl)s1)C1COc2ccccc2O1. The third-order valence-electron chi connectivity index (χ3n) is 3.18. The van der Waals surface area contributed by atoms with E-state index >= 15 is 0 Å². The molecule has 106 valence electrons. The number of fused-ring (bicyclic) bond motifs is 1. The van der Waals surface area contributed by atoms with E-state index in [-0.39, 0.29) is 12.1 Å². The lowest BCUT2D eigenvalue weighted by Crippen LogP contribution is -2.40. The van der Waals surface area contributed by atoms with Crippen molar-refractivity contribution in [3.05, 3.63) is 44.0 Å². The van der Waals surface area contributed by atoms with Crippen molar-refractivity contribution in [2.45, 2.75) is 12.1 Å². The van der Waals surface area contributed by atoms with Gasteiger partial charge in [0, 0.05) is 9.35 Å². The Labute approximate surface area is 135 Å². The van der Waals surface area contributed by atoms with Gasteiger partial charge in [-0.05, 0) is 41.2 Å². The Balaban J connectivity index is 1.85. The van der Waals surface area contributed by atoms with Crippen LogP contribution in [-0.4, -0.2) is 19.8 Å². The van der Waals surface area contributed by atoms with E-state index < -0.39 is 0 Å². The summed E-state index contributed by atoms with van der Waals surface area (Å²) in [5.74, 6) is 1.58. The standard InChI is InChI=1S/C14H13BrClNO2S/c1-17-13(12-6-8(15)14(16)20-12)11-7-18-9-4-2-3-5-10(9)19-11/h2-6,11,13,17H,7H2,1H3. The molecule has 2 aromatic rings. The lowest BCUT2D eigenvalue weighted by Gasteiger charge is -2.31. The number of para-hydroxylation sites is 2. The van der Waals surface area contributed by atoms with Crippen molar-refractivity contribution in [3.63, 3.8) is 0 Å². The van der Waals surface area contributed by atoms with Gasteiger partial charge in [-0.2, -0.15) is 0 Å². The molecule has 2 heterocycles. The number of rotatable bonds is 3. The first-order chi connectivity index (χ1) is 9.69. The molecule has 1 N–H and O–H groups in total. The summed E-state index contributed by atoms with van der Waals surface area (Å²) in [6.45, 7) is 0.510. The second kappa shape index (κ2) is 5.93. The van der Waals surface area contributed by atoms with Crippen LogP contribution in [-0.2, 0) is 0 Å². The first-order valence-electron chi connectivity index (χ1n) is 6.19. The molecular weight excluding hydrogens is 362 g/mol. The molecule has 1 aromatic carbocycles. The van der Waals surface area contributed by atoms with Crippen molar-refractivity contribution >= 4 is 38.9 Å². The molecule has 6 heteroatoms. The summed E-state index contributed by atoms with van der Waals surface area (Å²) in [6, 6.07) is 9.78. The number of nitrogens with one attached hydrogen (secondary N) is 1. The van der Waals surface area contributed by atoms with Crippen molar-refractivity contribution in [2.24, 2.45) is 0 Å². The van der Waals surface area contributed by atoms with Crippen LogP contribution in [0.2, 0.25) is 4.34 Å². The Morgan fingerprint density at radius 3 is 2.80 bits per heavy atom. The van der Waals surface area contributed by atoms with Crippen LogP contribution in [0.15, 0.2) is 34.8 Å². The molecule has 0 radical (unpaired) electrons. The largest absolute Gasteiger partial charge is 0.486 e. The monoisotopic (exact) mass is 373 g/mol. The van der Waals surface area contributed by atoms with Crippen LogP contribution in [0, 0.1) is 0 Å². The minimum atomic E-state index is -0.0866. The van der Waals surface area contributed by atoms with E-state index in [4.69, 9.17) is 21.1 Å². The average Bonchev–Trinajstić information content (AvgIpc) is 2.79. The van der Waals surface area contributed by atoms with Gasteiger partial charge in [0.1, 0.15) is 10.9 Å². The molecule has 1 aliphatic rings. The predicted molar refractivity (Wildman–Crippen MR) is 85.2 cm³/mol. The summed E-state index contributed by atoms with van der Waals surface area (Å²) < 4.78 is 13.5. The summed E-state index contributed by atoms with van der Waals surface area (Å²) >= 11 is 11.1. The van der Waals surface area contributed by atoms with Crippen LogP contribution in [0.25, 0.3) is 0 Å². The minimum Gasteiger partial charge on any atom is -0.486 e. The highest BCUT2D eigenvalue weighted by Gasteiger charge is 2.30. The molecule has 3 nitrogen and oxygen atoms in total. The molecule has 0 fully saturated rings. The number of benzene rings is 1. The van der Waals surface area contributed by atoms with E-state index in [1.54, 1.807) is 11.3 Å². The third-order valence-corrected chi connectivity index (χ3v) is 5.74. The van der Waals surface area contributed by atoms with Gasteiger partial charge < -0.3 is 14.8 Å². The lowest BCUT2D eigenvalue weighted by atomic mass is 10.1. The van der Waals surface area contributed by atoms with E-state index in [1.165, 1.54) is 0 Å². The average molecular weight is 375 g/mol. The lowest BCUT2D eigenvalue weighted by molar-refractivity contribution is 0.0647. The van der Waals surface area contributed by atoms with Gasteiger partial charge in [0.25, 0.3) is 0 Å². The van der Waals surface area contributed by atoms with Gasteiger partial charge in [0.15, 0.2) is 17.6 Å². The van der Waals surface area contributed by atoms with Gasteiger partial charge in [-0.1, -0.05) is 23.7 Å². The fourth-order valence-corrected chi connectivity index (χ4v) is 4.13. The molecule has 20 heavy (non-hydrogen) atoms. The number of halogens is 2. The molecule has 3 rings (SSSR count). The van der Waals surface area contributed by atoms with Crippen LogP contribution in [0.5, 0.6) is 11.5 Å². The van der Waals surface area contributed by atoms with E-state index in [0.29, 0.717) is 6.61 Å². The van der Waals surface area contributed by atoms with Gasteiger partial charge in [0.2, 0.25) is 0 Å². The Morgan fingerprint density at radius 2 is 2.15 bits per heavy atom. The maximum atomic E-state index is 6.12. The minimum absolute atomic E-state index is 0.0390. The molecular formula is C14H13BrClNO2S. The zero-order valence-electron chi connectivity index (χ0n) is 10.7. The molecule has 0 saturated carbocycles. The molecule has 0 saturated heterocycles. The van der Waals surface area contributed by atoms with Gasteiger partial charge in [0.05, 0.1) is 6.04 Å². The fourth-order valence-electron chi connectivity index (χ4n) is 2.23. The highest BCUT2D eigenvalue weighted by atomic mass is 79.9. The van der Waals surface area contributed by atoms with Crippen molar-refractivity contribution in [2.75, 3.05) is 13.7 Å². The van der Waals surface area contributed by atoms with E-state index in [2.05, 4.69) is 21.2 Å².